The van der Waals surface area contributed by atoms with Crippen molar-refractivity contribution in [3.05, 3.63) is 11.5 Å². The van der Waals surface area contributed by atoms with E-state index >= 15 is 0 Å². The minimum absolute atomic E-state index is 0.228. The molecule has 0 aromatic carbocycles. The van der Waals surface area contributed by atoms with Crippen LogP contribution < -0.4 is 5.73 Å². The normalized spacial score (nSPS) is 12.4. The molecule has 0 radical (unpaired) electrons. The predicted molar refractivity (Wildman–Crippen MR) is 74.9 cm³/mol. The fourth-order valence-corrected chi connectivity index (χ4v) is 2.49. The highest BCUT2D eigenvalue weighted by atomic mass is 32.2. The molecule has 0 spiro atoms. The summed E-state index contributed by atoms with van der Waals surface area (Å²) < 4.78 is 6.81. The lowest BCUT2D eigenvalue weighted by atomic mass is 10.2. The van der Waals surface area contributed by atoms with Crippen molar-refractivity contribution in [3.8, 4) is 0 Å². The van der Waals surface area contributed by atoms with Crippen LogP contribution >= 0.6 is 11.8 Å². The minimum atomic E-state index is -0.450. The molecule has 6 heteroatoms. The number of imidazole rings is 1. The van der Waals surface area contributed by atoms with Crippen molar-refractivity contribution >= 4 is 23.5 Å². The average molecular weight is 271 g/mol. The first-order valence-corrected chi connectivity index (χ1v) is 7.39. The summed E-state index contributed by atoms with van der Waals surface area (Å²) in [6, 6.07) is 0. The van der Waals surface area contributed by atoms with Gasteiger partial charge in [-0.25, -0.2) is 9.78 Å². The van der Waals surface area contributed by atoms with E-state index in [9.17, 15) is 4.79 Å². The van der Waals surface area contributed by atoms with Crippen LogP contribution in [0.3, 0.4) is 0 Å². The zero-order valence-electron chi connectivity index (χ0n) is 11.4. The van der Waals surface area contributed by atoms with E-state index in [0.717, 1.165) is 18.1 Å². The smallest absolute Gasteiger partial charge is 0.360 e. The lowest BCUT2D eigenvalue weighted by molar-refractivity contribution is 0.0521. The van der Waals surface area contributed by atoms with Crippen molar-refractivity contribution in [3.63, 3.8) is 0 Å². The molecule has 1 atom stereocenters. The number of rotatable bonds is 6. The number of aryl methyl sites for hydroxylation is 1. The molecule has 0 aliphatic heterocycles. The molecule has 0 bridgehead atoms. The van der Waals surface area contributed by atoms with Gasteiger partial charge in [-0.3, -0.25) is 0 Å². The van der Waals surface area contributed by atoms with Gasteiger partial charge in [0.05, 0.1) is 6.61 Å². The first-order chi connectivity index (χ1) is 8.51. The first kappa shape index (κ1) is 14.9. The van der Waals surface area contributed by atoms with Crippen LogP contribution in [-0.4, -0.2) is 34.1 Å². The molecule has 18 heavy (non-hydrogen) atoms. The average Bonchev–Trinajstić information content (AvgIpc) is 2.58. The number of nitrogens with two attached hydrogens (primary N) is 1. The number of anilines is 1. The molecule has 102 valence electrons. The Labute approximate surface area is 112 Å². The summed E-state index contributed by atoms with van der Waals surface area (Å²) in [6.45, 7) is 6.86. The van der Waals surface area contributed by atoms with Gasteiger partial charge in [0, 0.05) is 6.54 Å². The maximum atomic E-state index is 11.7. The Morgan fingerprint density at radius 2 is 2.28 bits per heavy atom. The Kier molecular flexibility index (Phi) is 5.53. The largest absolute Gasteiger partial charge is 0.461 e. The molecule has 2 N–H and O–H groups in total. The molecule has 0 amide bonds. The van der Waals surface area contributed by atoms with Gasteiger partial charge in [0.15, 0.2) is 5.69 Å². The van der Waals surface area contributed by atoms with E-state index in [1.54, 1.807) is 18.7 Å². The molecule has 1 aromatic rings. The first-order valence-electron chi connectivity index (χ1n) is 5.99. The summed E-state index contributed by atoms with van der Waals surface area (Å²) >= 11 is 1.80. The number of ether oxygens (including phenoxy) is 1. The summed E-state index contributed by atoms with van der Waals surface area (Å²) in [4.78, 5) is 15.9. The van der Waals surface area contributed by atoms with Gasteiger partial charge < -0.3 is 15.0 Å². The number of nitrogen functional groups attached to an aromatic ring is 1. The molecule has 0 saturated heterocycles. The molecule has 0 aliphatic carbocycles. The number of esters is 1. The summed E-state index contributed by atoms with van der Waals surface area (Å²) in [5.41, 5.74) is 6.20. The second-order valence-electron chi connectivity index (χ2n) is 4.28. The molecular formula is C12H21N3O2S. The van der Waals surface area contributed by atoms with Crippen molar-refractivity contribution < 1.29 is 9.53 Å². The SMILES string of the molecule is CCOC(=O)c1nc(C)n(CC(C)CSC)c1N. The fourth-order valence-electron chi connectivity index (χ4n) is 1.81. The van der Waals surface area contributed by atoms with E-state index in [1.807, 2.05) is 11.5 Å². The number of thioether (sulfide) groups is 1. The van der Waals surface area contributed by atoms with Crippen molar-refractivity contribution in [2.75, 3.05) is 24.3 Å². The monoisotopic (exact) mass is 271 g/mol. The Hall–Kier alpha value is -1.17. The third kappa shape index (κ3) is 3.41. The van der Waals surface area contributed by atoms with Crippen molar-refractivity contribution in [1.82, 2.24) is 9.55 Å². The third-order valence-corrected chi connectivity index (χ3v) is 3.51. The number of aromatic nitrogens is 2. The summed E-state index contributed by atoms with van der Waals surface area (Å²) in [7, 11) is 0. The van der Waals surface area contributed by atoms with Crippen LogP contribution in [0, 0.1) is 12.8 Å². The van der Waals surface area contributed by atoms with Crippen LogP contribution in [0.5, 0.6) is 0 Å². The molecule has 1 heterocycles. The Morgan fingerprint density at radius 1 is 1.61 bits per heavy atom. The highest BCUT2D eigenvalue weighted by Crippen LogP contribution is 2.18. The Balaban J connectivity index is 2.90. The number of hydrogen-bond acceptors (Lipinski definition) is 5. The molecular weight excluding hydrogens is 250 g/mol. The van der Waals surface area contributed by atoms with Crippen molar-refractivity contribution in [2.24, 2.45) is 5.92 Å². The highest BCUT2D eigenvalue weighted by Gasteiger charge is 2.20. The molecule has 0 saturated carbocycles. The minimum Gasteiger partial charge on any atom is -0.461 e. The summed E-state index contributed by atoms with van der Waals surface area (Å²) in [5.74, 6) is 2.23. The number of carbonyl (C=O) groups is 1. The lowest BCUT2D eigenvalue weighted by Crippen LogP contribution is -2.14. The molecule has 1 unspecified atom stereocenters. The zero-order chi connectivity index (χ0) is 13.7. The van der Waals surface area contributed by atoms with Gasteiger partial charge in [0.25, 0.3) is 0 Å². The van der Waals surface area contributed by atoms with Gasteiger partial charge >= 0.3 is 5.97 Å². The van der Waals surface area contributed by atoms with E-state index in [4.69, 9.17) is 10.5 Å². The summed E-state index contributed by atoms with van der Waals surface area (Å²) in [6.07, 6.45) is 2.07. The topological polar surface area (TPSA) is 70.1 Å². The number of carbonyl (C=O) groups excluding carboxylic acids is 1. The van der Waals surface area contributed by atoms with Gasteiger partial charge in [-0.05, 0) is 31.8 Å². The van der Waals surface area contributed by atoms with Gasteiger partial charge in [0.2, 0.25) is 0 Å². The van der Waals surface area contributed by atoms with Gasteiger partial charge in [0.1, 0.15) is 11.6 Å². The van der Waals surface area contributed by atoms with Crippen LogP contribution in [-0.2, 0) is 11.3 Å². The maximum absolute atomic E-state index is 11.7. The van der Waals surface area contributed by atoms with Crippen LogP contribution in [0.25, 0.3) is 0 Å². The summed E-state index contributed by atoms with van der Waals surface area (Å²) in [5, 5.41) is 0. The third-order valence-electron chi connectivity index (χ3n) is 2.61. The van der Waals surface area contributed by atoms with Crippen LogP contribution in [0.4, 0.5) is 5.82 Å². The van der Waals surface area contributed by atoms with Crippen molar-refractivity contribution in [2.45, 2.75) is 27.3 Å². The van der Waals surface area contributed by atoms with E-state index in [2.05, 4.69) is 18.2 Å². The lowest BCUT2D eigenvalue weighted by Gasteiger charge is -2.13. The quantitative estimate of drug-likeness (QED) is 0.801. The van der Waals surface area contributed by atoms with E-state index in [0.29, 0.717) is 18.3 Å². The van der Waals surface area contributed by atoms with E-state index in [1.165, 1.54) is 0 Å². The van der Waals surface area contributed by atoms with Gasteiger partial charge in [-0.2, -0.15) is 11.8 Å². The van der Waals surface area contributed by atoms with E-state index < -0.39 is 5.97 Å². The Morgan fingerprint density at radius 3 is 2.83 bits per heavy atom. The number of nitrogens with zero attached hydrogens (tertiary/aromatic N) is 2. The van der Waals surface area contributed by atoms with Gasteiger partial charge in [-0.1, -0.05) is 6.92 Å². The fraction of sp³-hybridized carbons (Fsp3) is 0.667. The van der Waals surface area contributed by atoms with Crippen LogP contribution in [0.2, 0.25) is 0 Å². The molecule has 5 nitrogen and oxygen atoms in total. The maximum Gasteiger partial charge on any atom is 0.360 e. The van der Waals surface area contributed by atoms with Crippen LogP contribution in [0.15, 0.2) is 0 Å². The molecule has 1 rings (SSSR count). The van der Waals surface area contributed by atoms with E-state index in [-0.39, 0.29) is 5.69 Å². The highest BCUT2D eigenvalue weighted by molar-refractivity contribution is 7.98. The molecule has 1 aromatic heterocycles. The standard InChI is InChI=1S/C12H21N3O2S/c1-5-17-12(16)10-11(13)15(9(3)14-10)6-8(2)7-18-4/h8H,5-7,13H2,1-4H3. The van der Waals surface area contributed by atoms with Gasteiger partial charge in [-0.15, -0.1) is 0 Å². The number of hydrogen-bond donors (Lipinski definition) is 1. The molecule has 0 aliphatic rings. The molecule has 0 fully saturated rings. The van der Waals surface area contributed by atoms with Crippen molar-refractivity contribution in [1.29, 1.82) is 0 Å². The predicted octanol–water partition coefficient (Wildman–Crippen LogP) is 1.95. The second kappa shape index (κ2) is 6.68. The second-order valence-corrected chi connectivity index (χ2v) is 5.20. The van der Waals surface area contributed by atoms with Crippen LogP contribution in [0.1, 0.15) is 30.2 Å². The Bertz CT molecular complexity index is 418. The zero-order valence-corrected chi connectivity index (χ0v) is 12.2.